The van der Waals surface area contributed by atoms with Gasteiger partial charge in [0.1, 0.15) is 0 Å². The maximum absolute atomic E-state index is 6.26. The molecule has 2 atom stereocenters. The average Bonchev–Trinajstić information content (AvgIpc) is 2.46. The van der Waals surface area contributed by atoms with Crippen molar-refractivity contribution in [2.24, 2.45) is 17.6 Å². The van der Waals surface area contributed by atoms with Gasteiger partial charge in [0.05, 0.1) is 0 Å². The second-order valence-electron chi connectivity index (χ2n) is 5.35. The molecule has 2 heteroatoms. The molecule has 0 amide bonds. The van der Waals surface area contributed by atoms with Crippen LogP contribution in [0.25, 0.3) is 0 Å². The molecule has 1 heterocycles. The van der Waals surface area contributed by atoms with Gasteiger partial charge in [-0.15, -0.1) is 0 Å². The van der Waals surface area contributed by atoms with Crippen molar-refractivity contribution in [3.05, 3.63) is 0 Å². The van der Waals surface area contributed by atoms with Crippen LogP contribution in [0.5, 0.6) is 0 Å². The molecule has 2 rings (SSSR count). The number of hydrogen-bond donors (Lipinski definition) is 1. The highest BCUT2D eigenvalue weighted by Crippen LogP contribution is 2.31. The van der Waals surface area contributed by atoms with Crippen LogP contribution in [0.1, 0.15) is 51.4 Å². The van der Waals surface area contributed by atoms with Gasteiger partial charge in [0.15, 0.2) is 0 Å². The Hall–Kier alpha value is -0.0800. The molecule has 2 aliphatic rings. The van der Waals surface area contributed by atoms with E-state index in [0.717, 1.165) is 25.0 Å². The van der Waals surface area contributed by atoms with E-state index in [9.17, 15) is 0 Å². The van der Waals surface area contributed by atoms with Crippen molar-refractivity contribution >= 4 is 0 Å². The molecule has 1 saturated heterocycles. The molecule has 0 aromatic rings. The van der Waals surface area contributed by atoms with Gasteiger partial charge in [-0.3, -0.25) is 0 Å². The predicted molar refractivity (Wildman–Crippen MR) is 62.7 cm³/mol. The summed E-state index contributed by atoms with van der Waals surface area (Å²) >= 11 is 0. The summed E-state index contributed by atoms with van der Waals surface area (Å²) in [4.78, 5) is 0. The minimum atomic E-state index is 0.482. The lowest BCUT2D eigenvalue weighted by Crippen LogP contribution is -2.31. The fraction of sp³-hybridized carbons (Fsp3) is 1.00. The second kappa shape index (κ2) is 5.86. The molecule has 0 aromatic carbocycles. The minimum absolute atomic E-state index is 0.482. The topological polar surface area (TPSA) is 35.2 Å². The highest BCUT2D eigenvalue weighted by atomic mass is 16.5. The summed E-state index contributed by atoms with van der Waals surface area (Å²) < 4.78 is 5.41. The van der Waals surface area contributed by atoms with E-state index in [4.69, 9.17) is 10.5 Å². The van der Waals surface area contributed by atoms with Crippen LogP contribution in [-0.4, -0.2) is 19.3 Å². The van der Waals surface area contributed by atoms with E-state index in [1.165, 1.54) is 51.4 Å². The third-order valence-corrected chi connectivity index (χ3v) is 4.19. The maximum Gasteiger partial charge on any atom is 0.0468 e. The molecule has 1 saturated carbocycles. The Bertz CT molecular complexity index is 177. The van der Waals surface area contributed by atoms with E-state index in [2.05, 4.69) is 0 Å². The SMILES string of the molecule is NC1CCCCCC1CC1CCOCC1. The minimum Gasteiger partial charge on any atom is -0.381 e. The molecule has 1 aliphatic carbocycles. The van der Waals surface area contributed by atoms with Crippen LogP contribution in [-0.2, 0) is 4.74 Å². The third kappa shape index (κ3) is 3.46. The van der Waals surface area contributed by atoms with Gasteiger partial charge >= 0.3 is 0 Å². The molecule has 2 N–H and O–H groups in total. The quantitative estimate of drug-likeness (QED) is 0.713. The molecule has 2 unspecified atom stereocenters. The van der Waals surface area contributed by atoms with E-state index >= 15 is 0 Å². The van der Waals surface area contributed by atoms with Crippen molar-refractivity contribution in [3.8, 4) is 0 Å². The fourth-order valence-corrected chi connectivity index (χ4v) is 3.12. The standard InChI is InChI=1S/C13H25NO/c14-13-5-3-1-2-4-12(13)10-11-6-8-15-9-7-11/h11-13H,1-10,14H2. The summed E-state index contributed by atoms with van der Waals surface area (Å²) in [6, 6.07) is 0.482. The average molecular weight is 211 g/mol. The van der Waals surface area contributed by atoms with Gasteiger partial charge in [0.25, 0.3) is 0 Å². The van der Waals surface area contributed by atoms with Gasteiger partial charge in [0.2, 0.25) is 0 Å². The smallest absolute Gasteiger partial charge is 0.0468 e. The molecule has 15 heavy (non-hydrogen) atoms. The van der Waals surface area contributed by atoms with Gasteiger partial charge in [-0.25, -0.2) is 0 Å². The van der Waals surface area contributed by atoms with E-state index in [1.807, 2.05) is 0 Å². The van der Waals surface area contributed by atoms with Crippen LogP contribution in [0, 0.1) is 11.8 Å². The molecule has 0 bridgehead atoms. The van der Waals surface area contributed by atoms with Gasteiger partial charge in [-0.05, 0) is 43.9 Å². The van der Waals surface area contributed by atoms with E-state index in [0.29, 0.717) is 6.04 Å². The Morgan fingerprint density at radius 3 is 2.47 bits per heavy atom. The van der Waals surface area contributed by atoms with Crippen molar-refractivity contribution in [3.63, 3.8) is 0 Å². The summed E-state index contributed by atoms with van der Waals surface area (Å²) in [6.07, 6.45) is 10.7. The first-order valence-corrected chi connectivity index (χ1v) is 6.69. The van der Waals surface area contributed by atoms with Crippen molar-refractivity contribution in [1.82, 2.24) is 0 Å². The molecular weight excluding hydrogens is 186 g/mol. The number of nitrogens with two attached hydrogens (primary N) is 1. The fourth-order valence-electron chi connectivity index (χ4n) is 3.12. The van der Waals surface area contributed by atoms with Gasteiger partial charge in [0, 0.05) is 19.3 Å². The third-order valence-electron chi connectivity index (χ3n) is 4.19. The van der Waals surface area contributed by atoms with Crippen molar-refractivity contribution in [2.75, 3.05) is 13.2 Å². The molecule has 0 aromatic heterocycles. The lowest BCUT2D eigenvalue weighted by Gasteiger charge is -2.29. The maximum atomic E-state index is 6.26. The van der Waals surface area contributed by atoms with Crippen LogP contribution in [0.3, 0.4) is 0 Å². The first kappa shape index (κ1) is 11.4. The molecular formula is C13H25NO. The Morgan fingerprint density at radius 1 is 0.933 bits per heavy atom. The summed E-state index contributed by atoms with van der Waals surface area (Å²) in [5.41, 5.74) is 6.26. The zero-order valence-electron chi connectivity index (χ0n) is 9.79. The lowest BCUT2D eigenvalue weighted by atomic mass is 9.83. The Labute approximate surface area is 93.6 Å². The van der Waals surface area contributed by atoms with Crippen LogP contribution >= 0.6 is 0 Å². The lowest BCUT2D eigenvalue weighted by molar-refractivity contribution is 0.0565. The molecule has 2 fully saturated rings. The summed E-state index contributed by atoms with van der Waals surface area (Å²) in [6.45, 7) is 1.96. The zero-order valence-corrected chi connectivity index (χ0v) is 9.79. The number of ether oxygens (including phenoxy) is 1. The Morgan fingerprint density at radius 2 is 1.67 bits per heavy atom. The van der Waals surface area contributed by atoms with Crippen molar-refractivity contribution in [1.29, 1.82) is 0 Å². The highest BCUT2D eigenvalue weighted by molar-refractivity contribution is 4.79. The molecule has 88 valence electrons. The van der Waals surface area contributed by atoms with Crippen molar-refractivity contribution in [2.45, 2.75) is 57.4 Å². The van der Waals surface area contributed by atoms with Gasteiger partial charge < -0.3 is 10.5 Å². The largest absolute Gasteiger partial charge is 0.381 e. The normalized spacial score (nSPS) is 35.0. The molecule has 0 radical (unpaired) electrons. The summed E-state index contributed by atoms with van der Waals surface area (Å²) in [5.74, 6) is 1.70. The van der Waals surface area contributed by atoms with Crippen LogP contribution < -0.4 is 5.73 Å². The van der Waals surface area contributed by atoms with Crippen LogP contribution in [0.15, 0.2) is 0 Å². The van der Waals surface area contributed by atoms with Gasteiger partial charge in [-0.2, -0.15) is 0 Å². The molecule has 1 aliphatic heterocycles. The van der Waals surface area contributed by atoms with Crippen molar-refractivity contribution < 1.29 is 4.74 Å². The second-order valence-corrected chi connectivity index (χ2v) is 5.35. The Kier molecular flexibility index (Phi) is 4.45. The number of hydrogen-bond acceptors (Lipinski definition) is 2. The van der Waals surface area contributed by atoms with E-state index < -0.39 is 0 Å². The van der Waals surface area contributed by atoms with Gasteiger partial charge in [-0.1, -0.05) is 19.3 Å². The van der Waals surface area contributed by atoms with E-state index in [-0.39, 0.29) is 0 Å². The van der Waals surface area contributed by atoms with E-state index in [1.54, 1.807) is 0 Å². The first-order valence-electron chi connectivity index (χ1n) is 6.69. The highest BCUT2D eigenvalue weighted by Gasteiger charge is 2.24. The molecule has 0 spiro atoms. The number of rotatable bonds is 2. The van der Waals surface area contributed by atoms with Crippen LogP contribution in [0.2, 0.25) is 0 Å². The first-order chi connectivity index (χ1) is 7.36. The predicted octanol–water partition coefficient (Wildman–Crippen LogP) is 2.71. The Balaban J connectivity index is 1.79. The zero-order chi connectivity index (χ0) is 10.5. The van der Waals surface area contributed by atoms with Crippen LogP contribution in [0.4, 0.5) is 0 Å². The monoisotopic (exact) mass is 211 g/mol. The molecule has 2 nitrogen and oxygen atoms in total. The summed E-state index contributed by atoms with van der Waals surface area (Å²) in [5, 5.41) is 0. The summed E-state index contributed by atoms with van der Waals surface area (Å²) in [7, 11) is 0.